The van der Waals surface area contributed by atoms with Crippen molar-refractivity contribution in [2.45, 2.75) is 68.5 Å². The minimum Gasteiger partial charge on any atom is -0.479 e. The van der Waals surface area contributed by atoms with Gasteiger partial charge in [0.1, 0.15) is 30.3 Å². The average molecular weight is 498 g/mol. The van der Waals surface area contributed by atoms with Crippen molar-refractivity contribution in [2.24, 2.45) is 5.92 Å². The van der Waals surface area contributed by atoms with Crippen molar-refractivity contribution in [2.75, 3.05) is 0 Å². The number of fused-ring (bicyclic) bond motifs is 1. The number of carbonyl (C=O) groups is 1. The Labute approximate surface area is 204 Å². The van der Waals surface area contributed by atoms with Gasteiger partial charge in [0.15, 0.2) is 18.5 Å². The molecule has 0 bridgehead atoms. The molecule has 13 nitrogen and oxygen atoms in total. The largest absolute Gasteiger partial charge is 0.479 e. The molecule has 2 aliphatic rings. The SMILES string of the molecule is N#CC(OC1OC(C(=O)O)C(O)C(O)C1O)C(C1CCCC1)n1cc(-c2ncnc3[nH]ccc23)cn1. The fourth-order valence-electron chi connectivity index (χ4n) is 5.12. The monoisotopic (exact) mass is 498 g/mol. The third-order valence-corrected chi connectivity index (χ3v) is 6.95. The number of aliphatic hydroxyl groups excluding tert-OH is 3. The second-order valence-corrected chi connectivity index (χ2v) is 9.13. The number of nitrogens with one attached hydrogen (secondary N) is 1. The predicted octanol–water partition coefficient (Wildman–Crippen LogP) is 0.354. The Hall–Kier alpha value is -3.41. The van der Waals surface area contributed by atoms with E-state index in [-0.39, 0.29) is 5.92 Å². The zero-order valence-corrected chi connectivity index (χ0v) is 19.1. The Morgan fingerprint density at radius 3 is 2.72 bits per heavy atom. The molecule has 5 N–H and O–H groups in total. The maximum absolute atomic E-state index is 11.5. The number of nitrogens with zero attached hydrogens (tertiary/aromatic N) is 5. The molecular weight excluding hydrogens is 472 g/mol. The van der Waals surface area contributed by atoms with Gasteiger partial charge < -0.3 is 34.9 Å². The number of nitriles is 1. The van der Waals surface area contributed by atoms with Crippen molar-refractivity contribution in [1.82, 2.24) is 24.7 Å². The van der Waals surface area contributed by atoms with Gasteiger partial charge in [0.2, 0.25) is 0 Å². The van der Waals surface area contributed by atoms with E-state index in [1.807, 2.05) is 6.07 Å². The molecule has 1 aliphatic heterocycles. The topological polar surface area (TPSA) is 200 Å². The lowest BCUT2D eigenvalue weighted by Gasteiger charge is -2.40. The van der Waals surface area contributed by atoms with Crippen LogP contribution in [0.25, 0.3) is 22.3 Å². The second kappa shape index (κ2) is 9.92. The fraction of sp³-hybridized carbons (Fsp3) is 0.522. The molecule has 1 saturated carbocycles. The molecule has 36 heavy (non-hydrogen) atoms. The van der Waals surface area contributed by atoms with Crippen LogP contribution in [-0.2, 0) is 14.3 Å². The van der Waals surface area contributed by atoms with Gasteiger partial charge in [-0.25, -0.2) is 14.8 Å². The maximum atomic E-state index is 11.5. The highest BCUT2D eigenvalue weighted by Gasteiger charge is 2.49. The number of carboxylic acid groups (broad SMARTS) is 1. The van der Waals surface area contributed by atoms with Crippen LogP contribution in [0.3, 0.4) is 0 Å². The molecule has 3 aromatic rings. The molecule has 13 heteroatoms. The third kappa shape index (κ3) is 4.34. The second-order valence-electron chi connectivity index (χ2n) is 9.13. The molecule has 5 rings (SSSR count). The van der Waals surface area contributed by atoms with Crippen LogP contribution in [0, 0.1) is 17.2 Å². The summed E-state index contributed by atoms with van der Waals surface area (Å²) >= 11 is 0. The summed E-state index contributed by atoms with van der Waals surface area (Å²) in [7, 11) is 0. The van der Waals surface area contributed by atoms with E-state index in [1.165, 1.54) is 6.33 Å². The average Bonchev–Trinajstić information content (AvgIpc) is 3.65. The highest BCUT2D eigenvalue weighted by Crippen LogP contribution is 2.39. The van der Waals surface area contributed by atoms with Crippen LogP contribution in [0.4, 0.5) is 0 Å². The summed E-state index contributed by atoms with van der Waals surface area (Å²) in [4.78, 5) is 23.1. The van der Waals surface area contributed by atoms with Gasteiger partial charge in [0, 0.05) is 23.3 Å². The number of aliphatic hydroxyl groups is 3. The van der Waals surface area contributed by atoms with Gasteiger partial charge >= 0.3 is 5.97 Å². The third-order valence-electron chi connectivity index (χ3n) is 6.95. The standard InChI is InChI=1S/C23H26N6O7/c24-7-14(35-23-19(32)17(30)18(31)20(36-23)22(33)34)16(11-3-1-2-4-11)29-9-12(8-28-29)15-13-5-6-25-21(13)27-10-26-15/h5-6,8-11,14,16-20,23,30-32H,1-4H2,(H,33,34)(H,25,26,27). The molecule has 7 atom stereocenters. The molecular formula is C23H26N6O7. The van der Waals surface area contributed by atoms with Crippen molar-refractivity contribution >= 4 is 17.0 Å². The maximum Gasteiger partial charge on any atom is 0.335 e. The van der Waals surface area contributed by atoms with Crippen LogP contribution in [0.15, 0.2) is 31.0 Å². The Kier molecular flexibility index (Phi) is 6.69. The van der Waals surface area contributed by atoms with Gasteiger partial charge in [0.05, 0.1) is 24.0 Å². The molecule has 0 spiro atoms. The van der Waals surface area contributed by atoms with Crippen molar-refractivity contribution in [3.63, 3.8) is 0 Å². The molecule has 1 saturated heterocycles. The number of H-pyrrole nitrogens is 1. The van der Waals surface area contributed by atoms with Crippen LogP contribution in [0.5, 0.6) is 0 Å². The first-order chi connectivity index (χ1) is 17.4. The molecule has 1 aliphatic carbocycles. The van der Waals surface area contributed by atoms with E-state index in [0.717, 1.165) is 31.1 Å². The van der Waals surface area contributed by atoms with Gasteiger partial charge in [-0.05, 0) is 24.8 Å². The van der Waals surface area contributed by atoms with Crippen molar-refractivity contribution in [3.05, 3.63) is 31.0 Å². The molecule has 7 unspecified atom stereocenters. The van der Waals surface area contributed by atoms with Gasteiger partial charge in [0.25, 0.3) is 0 Å². The summed E-state index contributed by atoms with van der Waals surface area (Å²) < 4.78 is 12.7. The molecule has 190 valence electrons. The molecule has 3 aromatic heterocycles. The van der Waals surface area contributed by atoms with Crippen LogP contribution >= 0.6 is 0 Å². The number of hydrogen-bond acceptors (Lipinski definition) is 10. The predicted molar refractivity (Wildman–Crippen MR) is 121 cm³/mol. The summed E-state index contributed by atoms with van der Waals surface area (Å²) in [5.74, 6) is -1.51. The summed E-state index contributed by atoms with van der Waals surface area (Å²) in [5, 5.41) is 55.2. The number of ether oxygens (including phenoxy) is 2. The molecule has 2 fully saturated rings. The number of aliphatic carboxylic acids is 1. The first-order valence-corrected chi connectivity index (χ1v) is 11.7. The van der Waals surface area contributed by atoms with Gasteiger partial charge in [-0.15, -0.1) is 0 Å². The number of hydrogen-bond donors (Lipinski definition) is 5. The van der Waals surface area contributed by atoms with E-state index < -0.39 is 48.8 Å². The first kappa shape index (κ1) is 24.3. The summed E-state index contributed by atoms with van der Waals surface area (Å²) in [6, 6.07) is 3.37. The lowest BCUT2D eigenvalue weighted by Crippen LogP contribution is -2.61. The minimum atomic E-state index is -1.85. The van der Waals surface area contributed by atoms with E-state index in [0.29, 0.717) is 16.9 Å². The number of carboxylic acids is 1. The fourth-order valence-corrected chi connectivity index (χ4v) is 5.12. The molecule has 4 heterocycles. The zero-order valence-electron chi connectivity index (χ0n) is 19.1. The molecule has 0 radical (unpaired) electrons. The molecule has 0 amide bonds. The van der Waals surface area contributed by atoms with Crippen LogP contribution in [-0.4, -0.2) is 87.9 Å². The van der Waals surface area contributed by atoms with Crippen LogP contribution in [0.1, 0.15) is 31.7 Å². The highest BCUT2D eigenvalue weighted by molar-refractivity contribution is 5.89. The van der Waals surface area contributed by atoms with Crippen molar-refractivity contribution in [3.8, 4) is 17.3 Å². The lowest BCUT2D eigenvalue weighted by atomic mass is 9.93. The van der Waals surface area contributed by atoms with E-state index in [4.69, 9.17) is 9.47 Å². The van der Waals surface area contributed by atoms with Crippen LogP contribution < -0.4 is 0 Å². The first-order valence-electron chi connectivity index (χ1n) is 11.7. The number of aromatic amines is 1. The normalized spacial score (nSPS) is 28.7. The lowest BCUT2D eigenvalue weighted by molar-refractivity contribution is -0.303. The number of aromatic nitrogens is 5. The minimum absolute atomic E-state index is 0.0200. The van der Waals surface area contributed by atoms with Crippen molar-refractivity contribution in [1.29, 1.82) is 5.26 Å². The van der Waals surface area contributed by atoms with E-state index >= 15 is 0 Å². The van der Waals surface area contributed by atoms with Crippen molar-refractivity contribution < 1.29 is 34.7 Å². The number of rotatable bonds is 7. The summed E-state index contributed by atoms with van der Waals surface area (Å²) in [5.41, 5.74) is 2.05. The Bertz CT molecular complexity index is 1270. The molecule has 0 aromatic carbocycles. The van der Waals surface area contributed by atoms with Gasteiger partial charge in [-0.2, -0.15) is 10.4 Å². The zero-order chi connectivity index (χ0) is 25.4. The Balaban J connectivity index is 1.45. The van der Waals surface area contributed by atoms with Gasteiger partial charge in [-0.3, -0.25) is 4.68 Å². The smallest absolute Gasteiger partial charge is 0.335 e. The summed E-state index contributed by atoms with van der Waals surface area (Å²) in [6.07, 6.45) is 0.0965. The Morgan fingerprint density at radius 1 is 1.22 bits per heavy atom. The van der Waals surface area contributed by atoms with E-state index in [1.54, 1.807) is 23.3 Å². The quantitative estimate of drug-likeness (QED) is 0.301. The van der Waals surface area contributed by atoms with E-state index in [9.17, 15) is 30.5 Å². The van der Waals surface area contributed by atoms with Crippen LogP contribution in [0.2, 0.25) is 0 Å². The summed E-state index contributed by atoms with van der Waals surface area (Å²) in [6.45, 7) is 0. The Morgan fingerprint density at radius 2 is 2.00 bits per heavy atom. The van der Waals surface area contributed by atoms with E-state index in [2.05, 4.69) is 26.1 Å². The highest BCUT2D eigenvalue weighted by atomic mass is 16.7. The van der Waals surface area contributed by atoms with Gasteiger partial charge in [-0.1, -0.05) is 12.8 Å².